The predicted molar refractivity (Wildman–Crippen MR) is 79.1 cm³/mol. The number of hydrogen-bond acceptors (Lipinski definition) is 3. The van der Waals surface area contributed by atoms with Gasteiger partial charge in [0.15, 0.2) is 0 Å². The van der Waals surface area contributed by atoms with E-state index in [0.717, 1.165) is 0 Å². The van der Waals surface area contributed by atoms with Gasteiger partial charge in [-0.05, 0) is 34.1 Å². The fraction of sp³-hybridized carbons (Fsp3) is 0.333. The number of carbonyl (C=O) groups excluding carboxylic acids is 2. The van der Waals surface area contributed by atoms with E-state index in [-0.39, 0.29) is 12.3 Å². The molecule has 1 rings (SSSR count). The third-order valence-corrected chi connectivity index (χ3v) is 3.70. The summed E-state index contributed by atoms with van der Waals surface area (Å²) in [6, 6.07) is 4.35. The van der Waals surface area contributed by atoms with Crippen LogP contribution < -0.4 is 11.1 Å². The van der Waals surface area contributed by atoms with Gasteiger partial charge >= 0.3 is 0 Å². The number of hydrogen-bond donors (Lipinski definition) is 2. The number of nitrogens with zero attached hydrogens (tertiary/aromatic N) is 1. The lowest BCUT2D eigenvalue weighted by Gasteiger charge is -2.19. The van der Waals surface area contributed by atoms with Crippen molar-refractivity contribution in [3.63, 3.8) is 0 Å². The van der Waals surface area contributed by atoms with Crippen molar-refractivity contribution >= 4 is 45.0 Å². The van der Waals surface area contributed by atoms with Crippen molar-refractivity contribution in [2.75, 3.05) is 19.4 Å². The van der Waals surface area contributed by atoms with E-state index in [9.17, 15) is 9.59 Å². The van der Waals surface area contributed by atoms with E-state index < -0.39 is 11.9 Å². The molecule has 19 heavy (non-hydrogen) atoms. The second-order valence-electron chi connectivity index (χ2n) is 4.22. The summed E-state index contributed by atoms with van der Waals surface area (Å²) in [5, 5.41) is 3.48. The van der Waals surface area contributed by atoms with Gasteiger partial charge in [0.25, 0.3) is 0 Å². The molecule has 0 heterocycles. The van der Waals surface area contributed by atoms with Crippen LogP contribution in [0.15, 0.2) is 22.7 Å². The van der Waals surface area contributed by atoms with Gasteiger partial charge in [0, 0.05) is 24.3 Å². The number of halogens is 2. The topological polar surface area (TPSA) is 75.4 Å². The fourth-order valence-electron chi connectivity index (χ4n) is 1.37. The highest BCUT2D eigenvalue weighted by molar-refractivity contribution is 9.10. The molecule has 0 aliphatic heterocycles. The first-order chi connectivity index (χ1) is 8.81. The normalized spacial score (nSPS) is 11.8. The molecule has 1 unspecified atom stereocenters. The Kier molecular flexibility index (Phi) is 5.62. The lowest BCUT2D eigenvalue weighted by atomic mass is 10.1. The van der Waals surface area contributed by atoms with Crippen molar-refractivity contribution in [3.05, 3.63) is 27.7 Å². The van der Waals surface area contributed by atoms with Crippen molar-refractivity contribution in [1.29, 1.82) is 0 Å². The standard InChI is InChI=1S/C12H15BrClN3O2/c1-17(2)11(18)6-10(12(15)19)16-7-3-4-9(14)8(13)5-7/h3-5,10,16H,6H2,1-2H3,(H2,15,19). The van der Waals surface area contributed by atoms with Crippen molar-refractivity contribution < 1.29 is 9.59 Å². The minimum Gasteiger partial charge on any atom is -0.373 e. The van der Waals surface area contributed by atoms with E-state index in [4.69, 9.17) is 17.3 Å². The molecule has 7 heteroatoms. The molecule has 0 aliphatic rings. The summed E-state index contributed by atoms with van der Waals surface area (Å²) in [5.74, 6) is -0.759. The molecule has 0 saturated heterocycles. The summed E-state index contributed by atoms with van der Waals surface area (Å²) >= 11 is 9.16. The molecule has 104 valence electrons. The summed E-state index contributed by atoms with van der Waals surface area (Å²) in [5.41, 5.74) is 5.95. The van der Waals surface area contributed by atoms with E-state index in [1.807, 2.05) is 0 Å². The van der Waals surface area contributed by atoms with Crippen LogP contribution in [0.25, 0.3) is 0 Å². The molecule has 1 aromatic rings. The maximum Gasteiger partial charge on any atom is 0.240 e. The quantitative estimate of drug-likeness (QED) is 0.852. The van der Waals surface area contributed by atoms with Crippen molar-refractivity contribution in [1.82, 2.24) is 4.90 Å². The Hall–Kier alpha value is -1.27. The van der Waals surface area contributed by atoms with E-state index in [1.165, 1.54) is 4.90 Å². The highest BCUT2D eigenvalue weighted by Gasteiger charge is 2.20. The van der Waals surface area contributed by atoms with Gasteiger partial charge in [0.1, 0.15) is 6.04 Å². The number of benzene rings is 1. The SMILES string of the molecule is CN(C)C(=O)CC(Nc1ccc(Cl)c(Br)c1)C(N)=O. The molecular weight excluding hydrogens is 334 g/mol. The third-order valence-electron chi connectivity index (χ3n) is 2.48. The molecule has 0 fully saturated rings. The fourth-order valence-corrected chi connectivity index (χ4v) is 1.86. The van der Waals surface area contributed by atoms with Gasteiger partial charge < -0.3 is 16.0 Å². The smallest absolute Gasteiger partial charge is 0.240 e. The van der Waals surface area contributed by atoms with Gasteiger partial charge in [-0.25, -0.2) is 0 Å². The van der Waals surface area contributed by atoms with Gasteiger partial charge in [-0.2, -0.15) is 0 Å². The molecule has 5 nitrogen and oxygen atoms in total. The van der Waals surface area contributed by atoms with Crippen LogP contribution in [0.2, 0.25) is 5.02 Å². The molecule has 3 N–H and O–H groups in total. The Morgan fingerprint density at radius 2 is 2.11 bits per heavy atom. The first-order valence-corrected chi connectivity index (χ1v) is 6.69. The van der Waals surface area contributed by atoms with Gasteiger partial charge in [0.2, 0.25) is 11.8 Å². The summed E-state index contributed by atoms with van der Waals surface area (Å²) in [6.45, 7) is 0. The van der Waals surface area contributed by atoms with Crippen LogP contribution in [0.4, 0.5) is 5.69 Å². The number of primary amides is 1. The first kappa shape index (κ1) is 15.8. The Bertz CT molecular complexity index is 494. The van der Waals surface area contributed by atoms with Crippen LogP contribution in [0, 0.1) is 0 Å². The van der Waals surface area contributed by atoms with Crippen molar-refractivity contribution in [2.24, 2.45) is 5.73 Å². The summed E-state index contributed by atoms with van der Waals surface area (Å²) in [6.07, 6.45) is 0.00256. The molecule has 1 atom stereocenters. The average Bonchev–Trinajstić information content (AvgIpc) is 2.32. The van der Waals surface area contributed by atoms with Gasteiger partial charge in [0.05, 0.1) is 11.4 Å². The Labute approximate surface area is 125 Å². The van der Waals surface area contributed by atoms with Crippen LogP contribution in [0.5, 0.6) is 0 Å². The Morgan fingerprint density at radius 3 is 2.58 bits per heavy atom. The molecule has 0 bridgehead atoms. The monoisotopic (exact) mass is 347 g/mol. The lowest BCUT2D eigenvalue weighted by molar-refractivity contribution is -0.131. The average molecular weight is 349 g/mol. The molecule has 0 spiro atoms. The van der Waals surface area contributed by atoms with Gasteiger partial charge in [-0.15, -0.1) is 0 Å². The zero-order valence-corrected chi connectivity index (χ0v) is 13.0. The molecule has 1 aromatic carbocycles. The highest BCUT2D eigenvalue weighted by Crippen LogP contribution is 2.26. The van der Waals surface area contributed by atoms with E-state index in [0.29, 0.717) is 15.2 Å². The second kappa shape index (κ2) is 6.77. The minimum atomic E-state index is -0.761. The number of carbonyl (C=O) groups is 2. The maximum atomic E-state index is 11.6. The first-order valence-electron chi connectivity index (χ1n) is 5.52. The third kappa shape index (κ3) is 4.72. The van der Waals surface area contributed by atoms with E-state index in [2.05, 4.69) is 21.2 Å². The van der Waals surface area contributed by atoms with Crippen molar-refractivity contribution in [2.45, 2.75) is 12.5 Å². The molecule has 0 radical (unpaired) electrons. The second-order valence-corrected chi connectivity index (χ2v) is 5.48. The molecule has 0 aromatic heterocycles. The van der Waals surface area contributed by atoms with Crippen LogP contribution >= 0.6 is 27.5 Å². The molecule has 0 saturated carbocycles. The number of nitrogens with one attached hydrogen (secondary N) is 1. The Balaban J connectivity index is 2.81. The highest BCUT2D eigenvalue weighted by atomic mass is 79.9. The van der Waals surface area contributed by atoms with E-state index in [1.54, 1.807) is 32.3 Å². The summed E-state index contributed by atoms with van der Waals surface area (Å²) in [7, 11) is 3.25. The maximum absolute atomic E-state index is 11.6. The number of anilines is 1. The van der Waals surface area contributed by atoms with Crippen LogP contribution in [-0.2, 0) is 9.59 Å². The number of nitrogens with two attached hydrogens (primary N) is 1. The van der Waals surface area contributed by atoms with Crippen LogP contribution in [-0.4, -0.2) is 36.9 Å². The summed E-state index contributed by atoms with van der Waals surface area (Å²) in [4.78, 5) is 24.4. The van der Waals surface area contributed by atoms with Crippen molar-refractivity contribution in [3.8, 4) is 0 Å². The molecule has 2 amide bonds. The van der Waals surface area contributed by atoms with Gasteiger partial charge in [-0.1, -0.05) is 11.6 Å². The molecular formula is C12H15BrClN3O2. The lowest BCUT2D eigenvalue weighted by Crippen LogP contribution is -2.39. The largest absolute Gasteiger partial charge is 0.373 e. The Morgan fingerprint density at radius 1 is 1.47 bits per heavy atom. The molecule has 0 aliphatic carbocycles. The van der Waals surface area contributed by atoms with E-state index >= 15 is 0 Å². The zero-order chi connectivity index (χ0) is 14.6. The predicted octanol–water partition coefficient (Wildman–Crippen LogP) is 1.85. The van der Waals surface area contributed by atoms with Crippen LogP contribution in [0.3, 0.4) is 0 Å². The number of amides is 2. The number of rotatable bonds is 5. The minimum absolute atomic E-state index is 0.00256. The summed E-state index contributed by atoms with van der Waals surface area (Å²) < 4.78 is 0.696. The van der Waals surface area contributed by atoms with Crippen LogP contribution in [0.1, 0.15) is 6.42 Å². The zero-order valence-electron chi connectivity index (χ0n) is 10.6. The van der Waals surface area contributed by atoms with Gasteiger partial charge in [-0.3, -0.25) is 9.59 Å².